The Labute approximate surface area is 485 Å². The van der Waals surface area contributed by atoms with E-state index in [1.165, 1.54) is 0 Å². The molecule has 0 amide bonds. The van der Waals surface area contributed by atoms with Gasteiger partial charge in [-0.05, 0) is 165 Å². The van der Waals surface area contributed by atoms with Crippen molar-refractivity contribution in [3.05, 3.63) is 194 Å². The first-order valence-electron chi connectivity index (χ1n) is 25.9. The normalized spacial score (nSPS) is 22.6. The number of phenolic OH excluding ortho intramolecular Hbond substituents is 6. The van der Waals surface area contributed by atoms with Gasteiger partial charge in [-0.1, -0.05) is 184 Å². The third-order valence-electron chi connectivity index (χ3n) is 17.8. The largest absolute Gasteiger partial charge is 0.508 e. The van der Waals surface area contributed by atoms with E-state index in [1.807, 2.05) is 72.8 Å². The summed E-state index contributed by atoms with van der Waals surface area (Å²) < 4.78 is 0. The first-order valence-corrected chi connectivity index (χ1v) is 25.9. The van der Waals surface area contributed by atoms with Crippen molar-refractivity contribution in [2.75, 3.05) is 0 Å². The molecule has 0 aromatic heterocycles. The average molecular weight is 1090 g/mol. The van der Waals surface area contributed by atoms with Crippen LogP contribution < -0.4 is 0 Å². The summed E-state index contributed by atoms with van der Waals surface area (Å²) in [6.45, 7) is 36.7. The van der Waals surface area contributed by atoms with Gasteiger partial charge < -0.3 is 45.5 Å². The van der Waals surface area contributed by atoms with Crippen molar-refractivity contribution in [1.82, 2.24) is 0 Å². The summed E-state index contributed by atoms with van der Waals surface area (Å²) in [6.07, 6.45) is 0. The third kappa shape index (κ3) is 18.3. The fourth-order valence-electron chi connectivity index (χ4n) is 10.6. The molecule has 2 aliphatic carbocycles. The Bertz CT molecular complexity index is 2000. The summed E-state index contributed by atoms with van der Waals surface area (Å²) in [5.74, 6) is 11.0. The summed E-state index contributed by atoms with van der Waals surface area (Å²) >= 11 is 0. The first-order chi connectivity index (χ1) is 33.1. The van der Waals surface area contributed by atoms with Gasteiger partial charge in [0.15, 0.2) is 0 Å². The second-order valence-corrected chi connectivity index (χ2v) is 22.7. The zero-order valence-electron chi connectivity index (χ0n) is 48.8. The predicted octanol–water partition coefficient (Wildman–Crippen LogP) is 17.5. The van der Waals surface area contributed by atoms with Crippen molar-refractivity contribution in [2.24, 2.45) is 59.2 Å². The number of phenols is 6. The van der Waals surface area contributed by atoms with Gasteiger partial charge in [-0.2, -0.15) is 0 Å². The summed E-state index contributed by atoms with van der Waals surface area (Å²) in [5.41, 5.74) is 6.30. The molecule has 0 spiro atoms. The maximum absolute atomic E-state index is 9.30. The molecule has 75 heavy (non-hydrogen) atoms. The summed E-state index contributed by atoms with van der Waals surface area (Å²) in [7, 11) is 0. The van der Waals surface area contributed by atoms with Crippen LogP contribution in [0.1, 0.15) is 144 Å². The van der Waals surface area contributed by atoms with E-state index in [4.69, 9.17) is 0 Å². The van der Waals surface area contributed by atoms with Gasteiger partial charge in [-0.15, -0.1) is 0 Å². The number of hydrogen-bond acceptors (Lipinski definition) is 6. The number of rotatable bonds is 6. The van der Waals surface area contributed by atoms with Crippen LogP contribution in [0, 0.1) is 74.0 Å². The molecule has 6 aromatic carbocycles. The third-order valence-corrected chi connectivity index (χ3v) is 17.8. The number of benzene rings is 6. The smallest absolute Gasteiger partial charge is 0.115 e. The minimum atomic E-state index is -0.151. The van der Waals surface area contributed by atoms with Gasteiger partial charge in [0.2, 0.25) is 0 Å². The molecular formula is C67H94O6Ti2-2. The number of aromatic hydroxyl groups is 6. The molecule has 0 bridgehead atoms. The predicted molar refractivity (Wildman–Crippen MR) is 309 cm³/mol. The minimum absolute atomic E-state index is 0. The maximum atomic E-state index is 9.30. The second-order valence-electron chi connectivity index (χ2n) is 22.7. The van der Waals surface area contributed by atoms with Crippen molar-refractivity contribution in [3.63, 3.8) is 0 Å². The quantitative estimate of drug-likeness (QED) is 0.0730. The van der Waals surface area contributed by atoms with Crippen LogP contribution in [0.25, 0.3) is 0 Å². The van der Waals surface area contributed by atoms with E-state index in [1.54, 1.807) is 72.8 Å². The second kappa shape index (κ2) is 30.5. The summed E-state index contributed by atoms with van der Waals surface area (Å²) in [4.78, 5) is 0. The molecule has 8 rings (SSSR count). The topological polar surface area (TPSA) is 121 Å². The first kappa shape index (κ1) is 70.5. The van der Waals surface area contributed by atoms with Crippen molar-refractivity contribution in [2.45, 2.75) is 127 Å². The Morgan fingerprint density at radius 2 is 0.293 bits per heavy atom. The molecule has 0 unspecified atom stereocenters. The van der Waals surface area contributed by atoms with Crippen LogP contribution in [0.3, 0.4) is 0 Å². The van der Waals surface area contributed by atoms with E-state index >= 15 is 0 Å². The van der Waals surface area contributed by atoms with Crippen molar-refractivity contribution in [1.29, 1.82) is 0 Å². The van der Waals surface area contributed by atoms with E-state index in [0.717, 1.165) is 92.6 Å². The molecule has 6 N–H and O–H groups in total. The molecule has 0 radical (unpaired) electrons. The molecule has 0 saturated heterocycles. The Morgan fingerprint density at radius 1 is 0.213 bits per heavy atom. The molecule has 0 heterocycles. The van der Waals surface area contributed by atoms with Gasteiger partial charge in [-0.3, -0.25) is 0 Å². The van der Waals surface area contributed by atoms with Gasteiger partial charge in [-0.25, -0.2) is 0 Å². The van der Waals surface area contributed by atoms with E-state index in [-0.39, 0.29) is 109 Å². The molecular weight excluding hydrogens is 996 g/mol. The van der Waals surface area contributed by atoms with Gasteiger partial charge in [0.1, 0.15) is 34.5 Å². The van der Waals surface area contributed by atoms with Crippen LogP contribution in [0.2, 0.25) is 0 Å². The zero-order valence-corrected chi connectivity index (χ0v) is 51.9. The van der Waals surface area contributed by atoms with Gasteiger partial charge in [0, 0.05) is 59.7 Å². The summed E-state index contributed by atoms with van der Waals surface area (Å²) in [5, 5.41) is 55.8. The van der Waals surface area contributed by atoms with Gasteiger partial charge >= 0.3 is 0 Å². The van der Waals surface area contributed by atoms with E-state index < -0.39 is 0 Å². The maximum Gasteiger partial charge on any atom is 0.115 e. The van der Waals surface area contributed by atoms with E-state index in [9.17, 15) is 30.6 Å². The Kier molecular flexibility index (Phi) is 28.7. The molecule has 0 aliphatic heterocycles. The Balaban J connectivity index is 0.000000917. The minimum Gasteiger partial charge on any atom is -0.508 e. The fourth-order valence-corrected chi connectivity index (χ4v) is 10.6. The van der Waals surface area contributed by atoms with Crippen LogP contribution in [-0.4, -0.2) is 30.6 Å². The molecule has 2 saturated carbocycles. The molecule has 408 valence electrons. The molecule has 6 aromatic rings. The van der Waals surface area contributed by atoms with Gasteiger partial charge in [0.25, 0.3) is 0 Å². The van der Waals surface area contributed by atoms with Crippen molar-refractivity contribution >= 4 is 0 Å². The Morgan fingerprint density at radius 3 is 0.373 bits per heavy atom. The Hall–Kier alpha value is -4.45. The van der Waals surface area contributed by atoms with E-state index in [0.29, 0.717) is 0 Å². The monoisotopic (exact) mass is 1090 g/mol. The molecule has 0 atom stereocenters. The van der Waals surface area contributed by atoms with Crippen molar-refractivity contribution < 1.29 is 74.1 Å². The summed E-state index contributed by atoms with van der Waals surface area (Å²) in [6, 6.07) is 43.3. The van der Waals surface area contributed by atoms with Crippen LogP contribution in [0.5, 0.6) is 34.5 Å². The molecule has 2 aliphatic rings. The van der Waals surface area contributed by atoms with Gasteiger partial charge in [0.05, 0.1) is 0 Å². The van der Waals surface area contributed by atoms with Crippen LogP contribution in [-0.2, 0) is 59.7 Å². The van der Waals surface area contributed by atoms with Crippen LogP contribution >= 0.6 is 0 Å². The van der Waals surface area contributed by atoms with Crippen LogP contribution in [0.4, 0.5) is 0 Å². The zero-order chi connectivity index (χ0) is 53.2. The standard InChI is InChI=1S/3C15H16O2.2C10H20.2CH3.2Ti/c3*1-15(2,11-3-7-13(16)8-4-11)12-5-9-14(17)10-6-12;2*1-6-7(2)9(4)10(5)8(6)3;;;;/h3*3-10,16-17H,1-2H3;2*6-10H,1-5H3;2*1H3;;/q;;;;;2*-1;;. The average Bonchev–Trinajstić information content (AvgIpc) is 3.62. The molecule has 8 heteroatoms. The van der Waals surface area contributed by atoms with Crippen LogP contribution in [0.15, 0.2) is 146 Å². The number of hydrogen-bond donors (Lipinski definition) is 6. The molecule has 6 nitrogen and oxygen atoms in total. The SMILES string of the molecule is CC(C)(c1ccc(O)cc1)c1ccc(O)cc1.CC(C)(c1ccc(O)cc1)c1ccc(O)cc1.CC(C)(c1ccc(O)cc1)c1ccc(O)cc1.CC1C(C)C(C)C(C)C1C.CC1C(C)C(C)C(C)C1C.[CH3-].[CH3-].[Ti].[Ti]. The van der Waals surface area contributed by atoms with E-state index in [2.05, 4.69) is 111 Å². The van der Waals surface area contributed by atoms with Crippen molar-refractivity contribution in [3.8, 4) is 34.5 Å². The molecule has 2 fully saturated rings. The fraction of sp³-hybridized carbons (Fsp3) is 0.433.